The number of pyridine rings is 1. The zero-order valence-electron chi connectivity index (χ0n) is 12.4. The number of anilines is 1. The first-order valence-corrected chi connectivity index (χ1v) is 6.86. The molecule has 0 aromatic carbocycles. The first-order valence-electron chi connectivity index (χ1n) is 6.86. The third-order valence-electron chi connectivity index (χ3n) is 2.77. The molecule has 1 aromatic rings. The molecule has 0 aliphatic rings. The van der Waals surface area contributed by atoms with Gasteiger partial charge in [0.1, 0.15) is 0 Å². The molecule has 102 valence electrons. The van der Waals surface area contributed by atoms with E-state index in [1.165, 1.54) is 5.69 Å². The van der Waals surface area contributed by atoms with Gasteiger partial charge in [0.05, 0.1) is 17.6 Å². The second-order valence-electron chi connectivity index (χ2n) is 5.92. The lowest BCUT2D eigenvalue weighted by atomic mass is 10.1. The molecule has 0 aliphatic heterocycles. The smallest absolute Gasteiger partial charge is 0.0569 e. The van der Waals surface area contributed by atoms with E-state index in [4.69, 9.17) is 5.73 Å². The van der Waals surface area contributed by atoms with Crippen LogP contribution in [0.2, 0.25) is 0 Å². The molecule has 0 saturated heterocycles. The minimum atomic E-state index is 0.00250. The Bertz CT molecular complexity index is 331. The van der Waals surface area contributed by atoms with Crippen LogP contribution in [-0.2, 0) is 0 Å². The number of nitrogens with two attached hydrogens (primary N) is 1. The van der Waals surface area contributed by atoms with Gasteiger partial charge >= 0.3 is 0 Å². The molecular weight excluding hydrogens is 222 g/mol. The summed E-state index contributed by atoms with van der Waals surface area (Å²) < 4.78 is 0. The fourth-order valence-corrected chi connectivity index (χ4v) is 2.02. The van der Waals surface area contributed by atoms with Gasteiger partial charge in [0.2, 0.25) is 0 Å². The fourth-order valence-electron chi connectivity index (χ4n) is 2.02. The van der Waals surface area contributed by atoms with Crippen LogP contribution in [0, 0.1) is 11.8 Å². The molecule has 0 spiro atoms. The van der Waals surface area contributed by atoms with Crippen molar-refractivity contribution in [3.05, 3.63) is 24.0 Å². The standard InChI is InChI=1S/C15H27N3/c1-11(2)9-18(10-12(3)4)14-6-7-15(13(5)16)17-8-14/h6-8,11-13H,9-10,16H2,1-5H3/t13-/m0/s1. The van der Waals surface area contributed by atoms with E-state index in [-0.39, 0.29) is 6.04 Å². The van der Waals surface area contributed by atoms with E-state index in [0.717, 1.165) is 18.8 Å². The Morgan fingerprint density at radius 2 is 1.61 bits per heavy atom. The van der Waals surface area contributed by atoms with E-state index >= 15 is 0 Å². The lowest BCUT2D eigenvalue weighted by Gasteiger charge is -2.28. The van der Waals surface area contributed by atoms with Crippen molar-refractivity contribution in [3.63, 3.8) is 0 Å². The van der Waals surface area contributed by atoms with Crippen molar-refractivity contribution in [2.24, 2.45) is 17.6 Å². The minimum Gasteiger partial charge on any atom is -0.370 e. The average Bonchev–Trinajstić information content (AvgIpc) is 2.27. The summed E-state index contributed by atoms with van der Waals surface area (Å²) >= 11 is 0. The van der Waals surface area contributed by atoms with Crippen molar-refractivity contribution in [1.29, 1.82) is 0 Å². The molecule has 0 amide bonds. The highest BCUT2D eigenvalue weighted by Gasteiger charge is 2.11. The zero-order chi connectivity index (χ0) is 13.7. The largest absolute Gasteiger partial charge is 0.370 e. The summed E-state index contributed by atoms with van der Waals surface area (Å²) in [4.78, 5) is 6.86. The van der Waals surface area contributed by atoms with Gasteiger partial charge in [-0.15, -0.1) is 0 Å². The van der Waals surface area contributed by atoms with Crippen LogP contribution < -0.4 is 10.6 Å². The Labute approximate surface area is 111 Å². The van der Waals surface area contributed by atoms with Gasteiger partial charge in [0.25, 0.3) is 0 Å². The van der Waals surface area contributed by atoms with Crippen molar-refractivity contribution in [1.82, 2.24) is 4.98 Å². The van der Waals surface area contributed by atoms with Crippen LogP contribution in [0.3, 0.4) is 0 Å². The monoisotopic (exact) mass is 249 g/mol. The Kier molecular flexibility index (Phi) is 5.60. The highest BCUT2D eigenvalue weighted by atomic mass is 15.1. The number of aromatic nitrogens is 1. The zero-order valence-corrected chi connectivity index (χ0v) is 12.4. The third-order valence-corrected chi connectivity index (χ3v) is 2.77. The molecule has 1 heterocycles. The van der Waals surface area contributed by atoms with Gasteiger partial charge in [-0.2, -0.15) is 0 Å². The first kappa shape index (κ1) is 15.0. The van der Waals surface area contributed by atoms with Crippen LogP contribution in [0.1, 0.15) is 46.4 Å². The molecule has 1 atom stereocenters. The number of hydrogen-bond acceptors (Lipinski definition) is 3. The van der Waals surface area contributed by atoms with E-state index in [1.54, 1.807) is 0 Å². The Hall–Kier alpha value is -1.09. The summed E-state index contributed by atoms with van der Waals surface area (Å²) in [5.74, 6) is 1.30. The molecular formula is C15H27N3. The normalized spacial score (nSPS) is 13.1. The summed E-state index contributed by atoms with van der Waals surface area (Å²) in [5, 5.41) is 0. The molecule has 18 heavy (non-hydrogen) atoms. The molecule has 3 heteroatoms. The second-order valence-corrected chi connectivity index (χ2v) is 5.92. The van der Waals surface area contributed by atoms with Gasteiger partial charge in [-0.3, -0.25) is 4.98 Å². The van der Waals surface area contributed by atoms with E-state index in [9.17, 15) is 0 Å². The van der Waals surface area contributed by atoms with Crippen LogP contribution in [0.25, 0.3) is 0 Å². The quantitative estimate of drug-likeness (QED) is 0.841. The molecule has 0 unspecified atom stereocenters. The highest BCUT2D eigenvalue weighted by molar-refractivity contribution is 5.44. The average molecular weight is 249 g/mol. The fraction of sp³-hybridized carbons (Fsp3) is 0.667. The minimum absolute atomic E-state index is 0.00250. The van der Waals surface area contributed by atoms with Gasteiger partial charge in [0, 0.05) is 19.1 Å². The van der Waals surface area contributed by atoms with Gasteiger partial charge in [-0.05, 0) is 30.9 Å². The summed E-state index contributed by atoms with van der Waals surface area (Å²) in [7, 11) is 0. The molecule has 1 aromatic heterocycles. The molecule has 1 rings (SSSR count). The molecule has 0 fully saturated rings. The van der Waals surface area contributed by atoms with Crippen molar-refractivity contribution < 1.29 is 0 Å². The van der Waals surface area contributed by atoms with Crippen molar-refractivity contribution in [3.8, 4) is 0 Å². The molecule has 0 bridgehead atoms. The van der Waals surface area contributed by atoms with Crippen LogP contribution in [-0.4, -0.2) is 18.1 Å². The van der Waals surface area contributed by atoms with E-state index < -0.39 is 0 Å². The lowest BCUT2D eigenvalue weighted by Crippen LogP contribution is -2.31. The number of hydrogen-bond donors (Lipinski definition) is 1. The maximum absolute atomic E-state index is 5.83. The molecule has 3 nitrogen and oxygen atoms in total. The first-order chi connectivity index (χ1) is 8.40. The summed E-state index contributed by atoms with van der Waals surface area (Å²) in [6, 6.07) is 4.17. The van der Waals surface area contributed by atoms with Gasteiger partial charge in [-0.25, -0.2) is 0 Å². The SMILES string of the molecule is CC(C)CN(CC(C)C)c1ccc([C@H](C)N)nc1. The Morgan fingerprint density at radius 1 is 1.06 bits per heavy atom. The van der Waals surface area contributed by atoms with Crippen LogP contribution >= 0.6 is 0 Å². The van der Waals surface area contributed by atoms with E-state index in [1.807, 2.05) is 19.2 Å². The second kappa shape index (κ2) is 6.74. The summed E-state index contributed by atoms with van der Waals surface area (Å²) in [6.07, 6.45) is 1.95. The molecule has 0 saturated carbocycles. The van der Waals surface area contributed by atoms with E-state index in [2.05, 4.69) is 43.6 Å². The number of rotatable bonds is 6. The van der Waals surface area contributed by atoms with Crippen molar-refractivity contribution >= 4 is 5.69 Å². The lowest BCUT2D eigenvalue weighted by molar-refractivity contribution is 0.552. The van der Waals surface area contributed by atoms with Crippen LogP contribution in [0.5, 0.6) is 0 Å². The third kappa shape index (κ3) is 4.65. The summed E-state index contributed by atoms with van der Waals surface area (Å²) in [6.45, 7) is 13.1. The Balaban J connectivity index is 2.83. The van der Waals surface area contributed by atoms with Gasteiger partial charge in [-0.1, -0.05) is 27.7 Å². The van der Waals surface area contributed by atoms with Crippen molar-refractivity contribution in [2.45, 2.75) is 40.7 Å². The highest BCUT2D eigenvalue weighted by Crippen LogP contribution is 2.18. The topological polar surface area (TPSA) is 42.1 Å². The summed E-state index contributed by atoms with van der Waals surface area (Å²) in [5.41, 5.74) is 7.97. The molecule has 2 N–H and O–H groups in total. The molecule has 0 aliphatic carbocycles. The van der Waals surface area contributed by atoms with Crippen LogP contribution in [0.4, 0.5) is 5.69 Å². The van der Waals surface area contributed by atoms with Gasteiger partial charge in [0.15, 0.2) is 0 Å². The molecule has 0 radical (unpaired) electrons. The van der Waals surface area contributed by atoms with Crippen molar-refractivity contribution in [2.75, 3.05) is 18.0 Å². The Morgan fingerprint density at radius 3 is 1.94 bits per heavy atom. The maximum atomic E-state index is 5.83. The van der Waals surface area contributed by atoms with Gasteiger partial charge < -0.3 is 10.6 Å². The van der Waals surface area contributed by atoms with Crippen LogP contribution in [0.15, 0.2) is 18.3 Å². The predicted octanol–water partition coefficient (Wildman–Crippen LogP) is 3.22. The maximum Gasteiger partial charge on any atom is 0.0569 e. The van der Waals surface area contributed by atoms with E-state index in [0.29, 0.717) is 11.8 Å². The number of nitrogens with zero attached hydrogens (tertiary/aromatic N) is 2. The predicted molar refractivity (Wildman–Crippen MR) is 78.7 cm³/mol.